The van der Waals surface area contributed by atoms with E-state index in [9.17, 15) is 14.9 Å². The van der Waals surface area contributed by atoms with Crippen LogP contribution in [0, 0.1) is 30.9 Å². The smallest absolute Gasteiger partial charge is 0.277 e. The highest BCUT2D eigenvalue weighted by molar-refractivity contribution is 5.82. The van der Waals surface area contributed by atoms with Gasteiger partial charge >= 0.3 is 0 Å². The van der Waals surface area contributed by atoms with Gasteiger partial charge in [0.2, 0.25) is 0 Å². The number of carbonyl (C=O) groups excluding carboxylic acids is 1. The third-order valence-corrected chi connectivity index (χ3v) is 4.45. The van der Waals surface area contributed by atoms with Crippen LogP contribution in [-0.4, -0.2) is 23.7 Å². The molecule has 0 bridgehead atoms. The fourth-order valence-electron chi connectivity index (χ4n) is 2.97. The van der Waals surface area contributed by atoms with E-state index in [1.54, 1.807) is 25.1 Å². The number of benzene rings is 2. The van der Waals surface area contributed by atoms with Gasteiger partial charge in [0, 0.05) is 17.7 Å². The van der Waals surface area contributed by atoms with Crippen LogP contribution in [0.3, 0.4) is 0 Å². The van der Waals surface area contributed by atoms with Crippen molar-refractivity contribution in [2.45, 2.75) is 20.8 Å². The number of nitro groups is 1. The lowest BCUT2D eigenvalue weighted by molar-refractivity contribution is -0.384. The molecule has 8 heteroatoms. The number of ether oxygens (including phenoxy) is 1. The molecule has 3 rings (SSSR count). The van der Waals surface area contributed by atoms with Gasteiger partial charge in [0.25, 0.3) is 11.6 Å². The second-order valence-corrected chi connectivity index (χ2v) is 6.76. The Bertz CT molecular complexity index is 1100. The van der Waals surface area contributed by atoms with Gasteiger partial charge in [-0.25, -0.2) is 5.43 Å². The highest BCUT2D eigenvalue weighted by Gasteiger charge is 2.12. The third kappa shape index (κ3) is 4.91. The van der Waals surface area contributed by atoms with Crippen LogP contribution >= 0.6 is 0 Å². The summed E-state index contributed by atoms with van der Waals surface area (Å²) < 4.78 is 11.3. The van der Waals surface area contributed by atoms with Crippen LogP contribution in [-0.2, 0) is 4.79 Å². The summed E-state index contributed by atoms with van der Waals surface area (Å²) in [7, 11) is 0. The molecule has 0 radical (unpaired) electrons. The van der Waals surface area contributed by atoms with E-state index in [4.69, 9.17) is 9.15 Å². The number of hydrogen-bond acceptors (Lipinski definition) is 6. The zero-order valence-corrected chi connectivity index (χ0v) is 16.8. The first-order valence-electron chi connectivity index (χ1n) is 9.21. The first-order valence-corrected chi connectivity index (χ1v) is 9.21. The molecule has 8 nitrogen and oxygen atoms in total. The topological polar surface area (TPSA) is 107 Å². The lowest BCUT2D eigenvalue weighted by Crippen LogP contribution is -2.24. The zero-order valence-electron chi connectivity index (χ0n) is 16.8. The summed E-state index contributed by atoms with van der Waals surface area (Å²) in [6, 6.07) is 13.7. The molecule has 0 spiro atoms. The standard InChI is InChI=1S/C22H21N3O5/c1-14-5-4-6-15(2)22(14)29-13-21(26)24-23-12-18-8-10-20(30-18)19-9-7-17(25(27)28)11-16(19)3/h4-12H,13H2,1-3H3,(H,24,26)/b23-12+. The van der Waals surface area contributed by atoms with Gasteiger partial charge in [0.1, 0.15) is 17.3 Å². The van der Waals surface area contributed by atoms with Gasteiger partial charge in [0.05, 0.1) is 11.1 Å². The fourth-order valence-corrected chi connectivity index (χ4v) is 2.97. The zero-order chi connectivity index (χ0) is 21.7. The van der Waals surface area contributed by atoms with Crippen LogP contribution in [0.1, 0.15) is 22.5 Å². The molecule has 0 fully saturated rings. The van der Waals surface area contributed by atoms with E-state index < -0.39 is 10.8 Å². The first-order chi connectivity index (χ1) is 14.3. The fraction of sp³-hybridized carbons (Fsp3) is 0.182. The number of hydrazone groups is 1. The van der Waals surface area contributed by atoms with Gasteiger partial charge < -0.3 is 9.15 Å². The van der Waals surface area contributed by atoms with E-state index in [-0.39, 0.29) is 12.3 Å². The summed E-state index contributed by atoms with van der Waals surface area (Å²) in [6.07, 6.45) is 1.38. The van der Waals surface area contributed by atoms with Crippen LogP contribution in [0.15, 0.2) is 58.0 Å². The number of nitrogens with zero attached hydrogens (tertiary/aromatic N) is 2. The molecule has 0 unspecified atom stereocenters. The maximum Gasteiger partial charge on any atom is 0.277 e. The molecule has 0 aliphatic rings. The average Bonchev–Trinajstić information content (AvgIpc) is 3.16. The van der Waals surface area contributed by atoms with E-state index in [0.29, 0.717) is 17.3 Å². The molecule has 1 aromatic heterocycles. The minimum Gasteiger partial charge on any atom is -0.483 e. The van der Waals surface area contributed by atoms with Gasteiger partial charge in [-0.1, -0.05) is 18.2 Å². The number of aryl methyl sites for hydroxylation is 3. The Morgan fingerprint density at radius 2 is 1.87 bits per heavy atom. The molecular weight excluding hydrogens is 386 g/mol. The second-order valence-electron chi connectivity index (χ2n) is 6.76. The normalized spacial score (nSPS) is 10.9. The van der Waals surface area contributed by atoms with Gasteiger partial charge in [-0.3, -0.25) is 14.9 Å². The van der Waals surface area contributed by atoms with Crippen molar-refractivity contribution in [3.8, 4) is 17.1 Å². The Kier molecular flexibility index (Phi) is 6.26. The summed E-state index contributed by atoms with van der Waals surface area (Å²) in [5, 5.41) is 14.7. The average molecular weight is 407 g/mol. The van der Waals surface area contributed by atoms with E-state index in [2.05, 4.69) is 10.5 Å². The van der Waals surface area contributed by atoms with Gasteiger partial charge in [0.15, 0.2) is 6.61 Å². The molecule has 3 aromatic rings. The molecule has 1 heterocycles. The van der Waals surface area contributed by atoms with Crippen LogP contribution in [0.25, 0.3) is 11.3 Å². The summed E-state index contributed by atoms with van der Waals surface area (Å²) in [4.78, 5) is 22.4. The monoisotopic (exact) mass is 407 g/mol. The number of non-ortho nitro benzene ring substituents is 1. The van der Waals surface area contributed by atoms with E-state index in [1.807, 2.05) is 32.0 Å². The number of hydrogen-bond donors (Lipinski definition) is 1. The Morgan fingerprint density at radius 1 is 1.13 bits per heavy atom. The summed E-state index contributed by atoms with van der Waals surface area (Å²) in [6.45, 7) is 5.45. The predicted octanol–water partition coefficient (Wildman–Crippen LogP) is 4.31. The van der Waals surface area contributed by atoms with Crippen molar-refractivity contribution in [2.24, 2.45) is 5.10 Å². The molecule has 0 aliphatic carbocycles. The van der Waals surface area contributed by atoms with Crippen molar-refractivity contribution in [1.82, 2.24) is 5.43 Å². The molecule has 2 aromatic carbocycles. The molecule has 0 saturated heterocycles. The minimum absolute atomic E-state index is 0.0235. The molecule has 1 N–H and O–H groups in total. The van der Waals surface area contributed by atoms with E-state index in [0.717, 1.165) is 22.3 Å². The molecular formula is C22H21N3O5. The van der Waals surface area contributed by atoms with E-state index >= 15 is 0 Å². The van der Waals surface area contributed by atoms with Crippen LogP contribution in [0.2, 0.25) is 0 Å². The molecule has 154 valence electrons. The molecule has 1 amide bonds. The van der Waals surface area contributed by atoms with Gasteiger partial charge in [-0.15, -0.1) is 0 Å². The van der Waals surface area contributed by atoms with Crippen molar-refractivity contribution >= 4 is 17.8 Å². The quantitative estimate of drug-likeness (QED) is 0.357. The van der Waals surface area contributed by atoms with Crippen molar-refractivity contribution in [3.05, 3.63) is 81.1 Å². The Labute approximate surface area is 173 Å². The largest absolute Gasteiger partial charge is 0.483 e. The van der Waals surface area contributed by atoms with Crippen LogP contribution in [0.4, 0.5) is 5.69 Å². The first kappa shape index (κ1) is 20.8. The van der Waals surface area contributed by atoms with Gasteiger partial charge in [-0.2, -0.15) is 5.10 Å². The van der Waals surface area contributed by atoms with Crippen LogP contribution < -0.4 is 10.2 Å². The highest BCUT2D eigenvalue weighted by Crippen LogP contribution is 2.28. The third-order valence-electron chi connectivity index (χ3n) is 4.45. The molecule has 0 atom stereocenters. The van der Waals surface area contributed by atoms with E-state index in [1.165, 1.54) is 18.3 Å². The Hall–Kier alpha value is -3.94. The van der Waals surface area contributed by atoms with Crippen molar-refractivity contribution in [3.63, 3.8) is 0 Å². The van der Waals surface area contributed by atoms with Crippen molar-refractivity contribution in [2.75, 3.05) is 6.61 Å². The predicted molar refractivity (Wildman–Crippen MR) is 113 cm³/mol. The molecule has 0 aliphatic heterocycles. The van der Waals surface area contributed by atoms with Gasteiger partial charge in [-0.05, 0) is 55.7 Å². The summed E-state index contributed by atoms with van der Waals surface area (Å²) >= 11 is 0. The van der Waals surface area contributed by atoms with Crippen molar-refractivity contribution in [1.29, 1.82) is 0 Å². The number of nitro benzene ring substituents is 1. The number of furan rings is 1. The lowest BCUT2D eigenvalue weighted by atomic mass is 10.1. The Morgan fingerprint density at radius 3 is 2.53 bits per heavy atom. The maximum absolute atomic E-state index is 12.0. The SMILES string of the molecule is Cc1cc([N+](=O)[O-])ccc1-c1ccc(/C=N/NC(=O)COc2c(C)cccc2C)o1. The highest BCUT2D eigenvalue weighted by atomic mass is 16.6. The maximum atomic E-state index is 12.0. The summed E-state index contributed by atoms with van der Waals surface area (Å²) in [5.41, 5.74) is 5.79. The minimum atomic E-state index is -0.441. The van der Waals surface area contributed by atoms with Crippen LogP contribution in [0.5, 0.6) is 5.75 Å². The summed E-state index contributed by atoms with van der Waals surface area (Å²) in [5.74, 6) is 1.27. The number of rotatable bonds is 7. The molecule has 30 heavy (non-hydrogen) atoms. The van der Waals surface area contributed by atoms with Crippen molar-refractivity contribution < 1.29 is 18.9 Å². The number of amides is 1. The Balaban J connectivity index is 1.58. The second kappa shape index (κ2) is 9.04. The number of para-hydroxylation sites is 1. The number of carbonyl (C=O) groups is 1. The number of nitrogens with one attached hydrogen (secondary N) is 1. The molecule has 0 saturated carbocycles. The lowest BCUT2D eigenvalue weighted by Gasteiger charge is -2.10.